The Balaban J connectivity index is 2.23. The zero-order chi connectivity index (χ0) is 10.9. The Labute approximate surface area is 89.2 Å². The Morgan fingerprint density at radius 2 is 2.27 bits per heavy atom. The van der Waals surface area contributed by atoms with Gasteiger partial charge in [-0.25, -0.2) is 4.79 Å². The van der Waals surface area contributed by atoms with Gasteiger partial charge in [0.1, 0.15) is 0 Å². The molecule has 0 spiro atoms. The van der Waals surface area contributed by atoms with Gasteiger partial charge in [0.15, 0.2) is 0 Å². The molecule has 0 aliphatic heterocycles. The zero-order valence-electron chi connectivity index (χ0n) is 8.82. The van der Waals surface area contributed by atoms with Crippen LogP contribution in [-0.4, -0.2) is 12.6 Å². The number of nitrogens with two attached hydrogens (primary N) is 1. The molecule has 15 heavy (non-hydrogen) atoms. The summed E-state index contributed by atoms with van der Waals surface area (Å²) in [5, 5.41) is 0. The molecular formula is C12H15NO2. The van der Waals surface area contributed by atoms with Crippen molar-refractivity contribution < 1.29 is 9.53 Å². The van der Waals surface area contributed by atoms with Crippen LogP contribution in [0.4, 0.5) is 0 Å². The predicted octanol–water partition coefficient (Wildman–Crippen LogP) is 1.81. The highest BCUT2D eigenvalue weighted by Gasteiger charge is 2.40. The van der Waals surface area contributed by atoms with Gasteiger partial charge >= 0.3 is 5.97 Å². The maximum absolute atomic E-state index is 11.5. The lowest BCUT2D eigenvalue weighted by atomic mass is 10.0. The summed E-state index contributed by atoms with van der Waals surface area (Å²) in [5.41, 5.74) is 7.49. The van der Waals surface area contributed by atoms with Crippen LogP contribution in [0.25, 0.3) is 0 Å². The molecule has 0 aromatic heterocycles. The van der Waals surface area contributed by atoms with E-state index in [1.807, 2.05) is 18.2 Å². The van der Waals surface area contributed by atoms with Gasteiger partial charge in [0.05, 0.1) is 12.2 Å². The van der Waals surface area contributed by atoms with Crippen LogP contribution in [0.2, 0.25) is 0 Å². The van der Waals surface area contributed by atoms with E-state index in [-0.39, 0.29) is 11.5 Å². The summed E-state index contributed by atoms with van der Waals surface area (Å²) in [7, 11) is 0. The summed E-state index contributed by atoms with van der Waals surface area (Å²) < 4.78 is 4.94. The normalized spacial score (nSPS) is 17.2. The summed E-state index contributed by atoms with van der Waals surface area (Å²) in [6.45, 7) is 2.20. The van der Waals surface area contributed by atoms with E-state index < -0.39 is 0 Å². The fraction of sp³-hybridized carbons (Fsp3) is 0.417. The molecule has 0 unspecified atom stereocenters. The molecule has 2 N–H and O–H groups in total. The van der Waals surface area contributed by atoms with E-state index in [1.165, 1.54) is 0 Å². The molecule has 0 amide bonds. The Morgan fingerprint density at radius 1 is 1.53 bits per heavy atom. The van der Waals surface area contributed by atoms with Crippen LogP contribution in [0.1, 0.15) is 35.7 Å². The standard InChI is InChI=1S/C12H15NO2/c1-2-15-11(14)9-4-3-5-10(8-9)12(13)6-7-12/h3-5,8H,2,6-7,13H2,1H3. The summed E-state index contributed by atoms with van der Waals surface area (Å²) in [4.78, 5) is 11.5. The molecule has 1 aromatic carbocycles. The third-order valence-corrected chi connectivity index (χ3v) is 2.74. The lowest BCUT2D eigenvalue weighted by Gasteiger charge is -2.10. The number of carbonyl (C=O) groups excluding carboxylic acids is 1. The molecule has 0 bridgehead atoms. The van der Waals surface area contributed by atoms with Gasteiger partial charge < -0.3 is 10.5 Å². The average molecular weight is 205 g/mol. The number of rotatable bonds is 3. The van der Waals surface area contributed by atoms with E-state index in [1.54, 1.807) is 13.0 Å². The third kappa shape index (κ3) is 2.02. The molecule has 0 saturated heterocycles. The van der Waals surface area contributed by atoms with Crippen molar-refractivity contribution in [3.05, 3.63) is 35.4 Å². The fourth-order valence-corrected chi connectivity index (χ4v) is 1.59. The second-order valence-electron chi connectivity index (χ2n) is 3.96. The minimum atomic E-state index is -0.274. The highest BCUT2D eigenvalue weighted by Crippen LogP contribution is 2.42. The molecule has 3 nitrogen and oxygen atoms in total. The van der Waals surface area contributed by atoms with Crippen LogP contribution >= 0.6 is 0 Å². The maximum atomic E-state index is 11.5. The summed E-state index contributed by atoms with van der Waals surface area (Å²) in [6, 6.07) is 7.42. The number of esters is 1. The summed E-state index contributed by atoms with van der Waals surface area (Å²) in [5.74, 6) is -0.274. The second-order valence-corrected chi connectivity index (χ2v) is 3.96. The molecule has 80 valence electrons. The number of ether oxygens (including phenoxy) is 1. The van der Waals surface area contributed by atoms with E-state index in [0.717, 1.165) is 18.4 Å². The Kier molecular flexibility index (Phi) is 2.49. The molecule has 3 heteroatoms. The van der Waals surface area contributed by atoms with Crippen LogP contribution < -0.4 is 5.73 Å². The van der Waals surface area contributed by atoms with Crippen molar-refractivity contribution in [2.75, 3.05) is 6.61 Å². The third-order valence-electron chi connectivity index (χ3n) is 2.74. The van der Waals surface area contributed by atoms with E-state index in [2.05, 4.69) is 0 Å². The van der Waals surface area contributed by atoms with Gasteiger partial charge in [0, 0.05) is 5.54 Å². The monoisotopic (exact) mass is 205 g/mol. The van der Waals surface area contributed by atoms with Crippen molar-refractivity contribution in [2.24, 2.45) is 5.73 Å². The quantitative estimate of drug-likeness (QED) is 0.766. The predicted molar refractivity (Wildman–Crippen MR) is 57.5 cm³/mol. The SMILES string of the molecule is CCOC(=O)c1cccc(C2(N)CC2)c1. The molecule has 1 aliphatic carbocycles. The molecule has 0 atom stereocenters. The van der Waals surface area contributed by atoms with Crippen LogP contribution in [-0.2, 0) is 10.3 Å². The lowest BCUT2D eigenvalue weighted by molar-refractivity contribution is 0.0526. The average Bonchev–Trinajstić information content (AvgIpc) is 2.99. The van der Waals surface area contributed by atoms with Crippen LogP contribution in [0, 0.1) is 0 Å². The lowest BCUT2D eigenvalue weighted by Crippen LogP contribution is -2.19. The topological polar surface area (TPSA) is 52.3 Å². The zero-order valence-corrected chi connectivity index (χ0v) is 8.82. The molecule has 1 aromatic rings. The first-order valence-electron chi connectivity index (χ1n) is 5.22. The van der Waals surface area contributed by atoms with E-state index in [9.17, 15) is 4.79 Å². The fourth-order valence-electron chi connectivity index (χ4n) is 1.59. The molecule has 0 radical (unpaired) electrons. The highest BCUT2D eigenvalue weighted by molar-refractivity contribution is 5.89. The smallest absolute Gasteiger partial charge is 0.338 e. The van der Waals surface area contributed by atoms with Gasteiger partial charge in [-0.1, -0.05) is 12.1 Å². The van der Waals surface area contributed by atoms with Crippen LogP contribution in [0.5, 0.6) is 0 Å². The van der Waals surface area contributed by atoms with Crippen molar-refractivity contribution in [3.8, 4) is 0 Å². The Morgan fingerprint density at radius 3 is 2.87 bits per heavy atom. The van der Waals surface area contributed by atoms with Crippen LogP contribution in [0.3, 0.4) is 0 Å². The van der Waals surface area contributed by atoms with E-state index in [0.29, 0.717) is 12.2 Å². The van der Waals surface area contributed by atoms with E-state index in [4.69, 9.17) is 10.5 Å². The van der Waals surface area contributed by atoms with Crippen molar-refractivity contribution in [3.63, 3.8) is 0 Å². The van der Waals surface area contributed by atoms with Crippen molar-refractivity contribution in [1.29, 1.82) is 0 Å². The number of carbonyl (C=O) groups is 1. The first kappa shape index (κ1) is 10.2. The largest absolute Gasteiger partial charge is 0.462 e. The van der Waals surface area contributed by atoms with Gasteiger partial charge in [-0.05, 0) is 37.5 Å². The molecule has 1 saturated carbocycles. The minimum absolute atomic E-state index is 0.192. The van der Waals surface area contributed by atoms with Gasteiger partial charge in [-0.3, -0.25) is 0 Å². The maximum Gasteiger partial charge on any atom is 0.338 e. The Bertz CT molecular complexity index is 383. The van der Waals surface area contributed by atoms with Crippen molar-refractivity contribution in [1.82, 2.24) is 0 Å². The summed E-state index contributed by atoms with van der Waals surface area (Å²) in [6.07, 6.45) is 2.00. The Hall–Kier alpha value is -1.35. The number of hydrogen-bond donors (Lipinski definition) is 1. The molecular weight excluding hydrogens is 190 g/mol. The molecule has 2 rings (SSSR count). The number of hydrogen-bond acceptors (Lipinski definition) is 3. The van der Waals surface area contributed by atoms with Gasteiger partial charge in [-0.2, -0.15) is 0 Å². The first-order chi connectivity index (χ1) is 7.15. The summed E-state index contributed by atoms with van der Waals surface area (Å²) >= 11 is 0. The minimum Gasteiger partial charge on any atom is -0.462 e. The van der Waals surface area contributed by atoms with E-state index >= 15 is 0 Å². The highest BCUT2D eigenvalue weighted by atomic mass is 16.5. The van der Waals surface area contributed by atoms with Crippen molar-refractivity contribution >= 4 is 5.97 Å². The number of benzene rings is 1. The molecule has 1 aliphatic rings. The van der Waals surface area contributed by atoms with Gasteiger partial charge in [-0.15, -0.1) is 0 Å². The molecule has 1 fully saturated rings. The van der Waals surface area contributed by atoms with Crippen molar-refractivity contribution in [2.45, 2.75) is 25.3 Å². The molecule has 0 heterocycles. The van der Waals surface area contributed by atoms with Crippen LogP contribution in [0.15, 0.2) is 24.3 Å². The first-order valence-corrected chi connectivity index (χ1v) is 5.22. The van der Waals surface area contributed by atoms with Gasteiger partial charge in [0.25, 0.3) is 0 Å². The second kappa shape index (κ2) is 3.66. The van der Waals surface area contributed by atoms with Gasteiger partial charge in [0.2, 0.25) is 0 Å².